The van der Waals surface area contributed by atoms with Crippen molar-refractivity contribution in [2.75, 3.05) is 21.3 Å². The Balaban J connectivity index is 3.01. The van der Waals surface area contributed by atoms with Gasteiger partial charge >= 0.3 is 0 Å². The molecule has 14 heavy (non-hydrogen) atoms. The standard InChI is InChI=1S/C11H12O3/c1-12-7-6-9-4-5-10(13-2)11(8-9)14-3/h4-5,8H,1-3H3. The van der Waals surface area contributed by atoms with E-state index in [1.165, 1.54) is 7.11 Å². The number of rotatable bonds is 2. The Kier molecular flexibility index (Phi) is 3.69. The summed E-state index contributed by atoms with van der Waals surface area (Å²) in [5.41, 5.74) is 0.824. The minimum atomic E-state index is 0.662. The lowest BCUT2D eigenvalue weighted by atomic mass is 10.2. The molecule has 3 heteroatoms. The third-order valence-corrected chi connectivity index (χ3v) is 1.68. The molecule has 1 rings (SSSR count). The van der Waals surface area contributed by atoms with E-state index in [-0.39, 0.29) is 0 Å². The van der Waals surface area contributed by atoms with Gasteiger partial charge < -0.3 is 14.2 Å². The van der Waals surface area contributed by atoms with E-state index in [9.17, 15) is 0 Å². The average molecular weight is 192 g/mol. The van der Waals surface area contributed by atoms with E-state index in [0.29, 0.717) is 11.5 Å². The molecule has 1 aromatic carbocycles. The lowest BCUT2D eigenvalue weighted by Gasteiger charge is -2.06. The summed E-state index contributed by atoms with van der Waals surface area (Å²) >= 11 is 0. The minimum Gasteiger partial charge on any atom is -0.493 e. The first-order valence-corrected chi connectivity index (χ1v) is 4.08. The highest BCUT2D eigenvalue weighted by molar-refractivity contribution is 5.47. The van der Waals surface area contributed by atoms with E-state index in [0.717, 1.165) is 5.56 Å². The molecule has 0 unspecified atom stereocenters. The van der Waals surface area contributed by atoms with Gasteiger partial charge in [0.1, 0.15) is 6.11 Å². The van der Waals surface area contributed by atoms with Crippen LogP contribution in [0.5, 0.6) is 11.5 Å². The van der Waals surface area contributed by atoms with Crippen molar-refractivity contribution in [3.63, 3.8) is 0 Å². The van der Waals surface area contributed by atoms with Crippen molar-refractivity contribution in [1.82, 2.24) is 0 Å². The molecule has 0 amide bonds. The van der Waals surface area contributed by atoms with Crippen molar-refractivity contribution in [2.24, 2.45) is 0 Å². The Morgan fingerprint density at radius 1 is 1.00 bits per heavy atom. The monoisotopic (exact) mass is 192 g/mol. The fourth-order valence-corrected chi connectivity index (χ4v) is 1.02. The van der Waals surface area contributed by atoms with E-state index in [2.05, 4.69) is 16.8 Å². The van der Waals surface area contributed by atoms with Crippen LogP contribution in [0.4, 0.5) is 0 Å². The Morgan fingerprint density at radius 2 is 1.71 bits per heavy atom. The van der Waals surface area contributed by atoms with Crippen LogP contribution < -0.4 is 9.47 Å². The Morgan fingerprint density at radius 3 is 2.29 bits per heavy atom. The van der Waals surface area contributed by atoms with Gasteiger partial charge in [-0.2, -0.15) is 0 Å². The predicted molar refractivity (Wildman–Crippen MR) is 53.4 cm³/mol. The second-order valence-electron chi connectivity index (χ2n) is 2.50. The number of ether oxygens (including phenoxy) is 3. The van der Waals surface area contributed by atoms with Gasteiger partial charge in [0.2, 0.25) is 0 Å². The fraction of sp³-hybridized carbons (Fsp3) is 0.273. The van der Waals surface area contributed by atoms with E-state index in [1.807, 2.05) is 6.07 Å². The van der Waals surface area contributed by atoms with Crippen molar-refractivity contribution in [1.29, 1.82) is 0 Å². The molecule has 0 saturated heterocycles. The molecule has 0 N–H and O–H groups in total. The summed E-state index contributed by atoms with van der Waals surface area (Å²) in [6.07, 6.45) is 2.51. The van der Waals surface area contributed by atoms with Gasteiger partial charge in [-0.05, 0) is 24.1 Å². The van der Waals surface area contributed by atoms with Gasteiger partial charge in [-0.15, -0.1) is 0 Å². The quantitative estimate of drug-likeness (QED) is 0.667. The summed E-state index contributed by atoms with van der Waals surface area (Å²) in [5, 5.41) is 0. The zero-order valence-electron chi connectivity index (χ0n) is 8.46. The lowest BCUT2D eigenvalue weighted by Crippen LogP contribution is -1.90. The van der Waals surface area contributed by atoms with Crippen LogP contribution in [0.25, 0.3) is 0 Å². The molecule has 0 fully saturated rings. The molecular weight excluding hydrogens is 180 g/mol. The molecule has 0 spiro atoms. The first-order valence-electron chi connectivity index (χ1n) is 4.08. The number of benzene rings is 1. The highest BCUT2D eigenvalue weighted by Gasteiger charge is 2.02. The number of methoxy groups -OCH3 is 3. The molecule has 0 saturated carbocycles. The first-order chi connectivity index (χ1) is 6.81. The Bertz CT molecular complexity index is 361. The number of hydrogen-bond donors (Lipinski definition) is 0. The van der Waals surface area contributed by atoms with Gasteiger partial charge in [-0.1, -0.05) is 0 Å². The highest BCUT2D eigenvalue weighted by Crippen LogP contribution is 2.26. The zero-order chi connectivity index (χ0) is 10.4. The highest BCUT2D eigenvalue weighted by atomic mass is 16.5. The summed E-state index contributed by atoms with van der Waals surface area (Å²) in [6.45, 7) is 0. The van der Waals surface area contributed by atoms with Gasteiger partial charge in [0.25, 0.3) is 0 Å². The van der Waals surface area contributed by atoms with Crippen LogP contribution in [0, 0.1) is 12.0 Å². The van der Waals surface area contributed by atoms with Gasteiger partial charge in [-0.3, -0.25) is 0 Å². The smallest absolute Gasteiger partial charge is 0.161 e. The number of hydrogen-bond acceptors (Lipinski definition) is 3. The Labute approximate surface area is 83.6 Å². The summed E-state index contributed by atoms with van der Waals surface area (Å²) in [7, 11) is 4.71. The molecule has 0 aliphatic rings. The third kappa shape index (κ3) is 2.33. The summed E-state index contributed by atoms with van der Waals surface area (Å²) < 4.78 is 14.9. The van der Waals surface area contributed by atoms with Crippen LogP contribution in [0.15, 0.2) is 18.2 Å². The van der Waals surface area contributed by atoms with E-state index in [4.69, 9.17) is 9.47 Å². The maximum atomic E-state index is 5.12. The van der Waals surface area contributed by atoms with Crippen molar-refractivity contribution in [2.45, 2.75) is 0 Å². The van der Waals surface area contributed by atoms with E-state index >= 15 is 0 Å². The van der Waals surface area contributed by atoms with Crippen LogP contribution in [0.2, 0.25) is 0 Å². The largest absolute Gasteiger partial charge is 0.493 e. The second kappa shape index (κ2) is 5.03. The third-order valence-electron chi connectivity index (χ3n) is 1.68. The molecule has 0 aliphatic carbocycles. The molecule has 1 aromatic rings. The van der Waals surface area contributed by atoms with Gasteiger partial charge in [0, 0.05) is 5.56 Å². The van der Waals surface area contributed by atoms with E-state index in [1.54, 1.807) is 26.4 Å². The van der Waals surface area contributed by atoms with Crippen LogP contribution >= 0.6 is 0 Å². The van der Waals surface area contributed by atoms with Crippen molar-refractivity contribution in [3.05, 3.63) is 23.8 Å². The van der Waals surface area contributed by atoms with E-state index < -0.39 is 0 Å². The average Bonchev–Trinajstić information content (AvgIpc) is 2.25. The van der Waals surface area contributed by atoms with Crippen LogP contribution in [-0.2, 0) is 4.74 Å². The van der Waals surface area contributed by atoms with Gasteiger partial charge in [0.15, 0.2) is 11.5 Å². The molecule has 0 radical (unpaired) electrons. The van der Waals surface area contributed by atoms with Crippen LogP contribution in [-0.4, -0.2) is 21.3 Å². The molecule has 0 bridgehead atoms. The van der Waals surface area contributed by atoms with Crippen LogP contribution in [0.3, 0.4) is 0 Å². The summed E-state index contributed by atoms with van der Waals surface area (Å²) in [4.78, 5) is 0. The second-order valence-corrected chi connectivity index (χ2v) is 2.50. The first kappa shape index (κ1) is 10.3. The lowest BCUT2D eigenvalue weighted by molar-refractivity contribution is 0.355. The Hall–Kier alpha value is -1.82. The van der Waals surface area contributed by atoms with Gasteiger partial charge in [0.05, 0.1) is 21.3 Å². The van der Waals surface area contributed by atoms with Crippen molar-refractivity contribution < 1.29 is 14.2 Å². The molecule has 3 nitrogen and oxygen atoms in total. The summed E-state index contributed by atoms with van der Waals surface area (Å²) in [6, 6.07) is 5.44. The maximum absolute atomic E-state index is 5.12. The van der Waals surface area contributed by atoms with Gasteiger partial charge in [-0.25, -0.2) is 0 Å². The SMILES string of the molecule is COC#Cc1ccc(OC)c(OC)c1. The molecule has 74 valence electrons. The summed E-state index contributed by atoms with van der Waals surface area (Å²) in [5.74, 6) is 4.17. The molecule has 0 aliphatic heterocycles. The van der Waals surface area contributed by atoms with Crippen LogP contribution in [0.1, 0.15) is 5.56 Å². The van der Waals surface area contributed by atoms with Crippen molar-refractivity contribution in [3.8, 4) is 23.5 Å². The predicted octanol–water partition coefficient (Wildman–Crippen LogP) is 1.66. The fourth-order valence-electron chi connectivity index (χ4n) is 1.02. The maximum Gasteiger partial charge on any atom is 0.161 e. The molecular formula is C11H12O3. The molecule has 0 atom stereocenters. The topological polar surface area (TPSA) is 27.7 Å². The van der Waals surface area contributed by atoms with Crippen molar-refractivity contribution >= 4 is 0 Å². The minimum absolute atomic E-state index is 0.662. The zero-order valence-corrected chi connectivity index (χ0v) is 8.46. The normalized spacial score (nSPS) is 8.50. The molecule has 0 heterocycles. The molecule has 0 aromatic heterocycles.